The average Bonchev–Trinajstić information content (AvgIpc) is 3.03. The lowest BCUT2D eigenvalue weighted by atomic mass is 10.2. The Labute approximate surface area is 145 Å². The third-order valence-electron chi connectivity index (χ3n) is 3.53. The van der Waals surface area contributed by atoms with E-state index in [1.807, 2.05) is 0 Å². The average molecular weight is 362 g/mol. The maximum absolute atomic E-state index is 12.7. The van der Waals surface area contributed by atoms with Gasteiger partial charge in [-0.1, -0.05) is 24.3 Å². The molecule has 0 spiro atoms. The van der Waals surface area contributed by atoms with Crippen molar-refractivity contribution in [3.05, 3.63) is 65.9 Å². The van der Waals surface area contributed by atoms with Gasteiger partial charge in [0.25, 0.3) is 5.91 Å². The predicted octanol–water partition coefficient (Wildman–Crippen LogP) is 3.82. The van der Waals surface area contributed by atoms with E-state index in [0.29, 0.717) is 5.58 Å². The maximum atomic E-state index is 12.7. The van der Waals surface area contributed by atoms with Crippen LogP contribution in [0.3, 0.4) is 0 Å². The fraction of sp³-hybridized carbons (Fsp3) is 0.111. The third kappa shape index (κ3) is 4.02. The molecule has 0 saturated carbocycles. The smallest absolute Gasteiger partial charge is 0.416 e. The Hall–Kier alpha value is -3.29. The first-order valence-corrected chi connectivity index (χ1v) is 7.57. The molecule has 3 aromatic rings. The summed E-state index contributed by atoms with van der Waals surface area (Å²) in [6, 6.07) is 12.8. The molecule has 2 aromatic carbocycles. The van der Waals surface area contributed by atoms with Crippen LogP contribution in [0.25, 0.3) is 11.0 Å². The summed E-state index contributed by atoms with van der Waals surface area (Å²) in [5.41, 5.74) is -0.351. The summed E-state index contributed by atoms with van der Waals surface area (Å²) in [5, 5.41) is 5.40. The SMILES string of the molecule is O=C(CNC(=O)c1cc2ccccc2o1)Nc1cccc(C(F)(F)F)c1. The van der Waals surface area contributed by atoms with Crippen molar-refractivity contribution < 1.29 is 27.2 Å². The van der Waals surface area contributed by atoms with E-state index >= 15 is 0 Å². The van der Waals surface area contributed by atoms with Crippen LogP contribution < -0.4 is 10.6 Å². The molecule has 26 heavy (non-hydrogen) atoms. The van der Waals surface area contributed by atoms with Gasteiger partial charge in [0, 0.05) is 11.1 Å². The Morgan fingerprint density at radius 2 is 1.77 bits per heavy atom. The number of hydrogen-bond acceptors (Lipinski definition) is 3. The van der Waals surface area contributed by atoms with Crippen LogP contribution in [0.1, 0.15) is 16.1 Å². The molecule has 5 nitrogen and oxygen atoms in total. The molecular weight excluding hydrogens is 349 g/mol. The summed E-state index contributed by atoms with van der Waals surface area (Å²) in [6.07, 6.45) is -4.50. The lowest BCUT2D eigenvalue weighted by Gasteiger charge is -2.10. The van der Waals surface area contributed by atoms with Crippen LogP contribution in [0.5, 0.6) is 0 Å². The Bertz CT molecular complexity index is 930. The number of furan rings is 1. The highest BCUT2D eigenvalue weighted by Gasteiger charge is 2.30. The lowest BCUT2D eigenvalue weighted by molar-refractivity contribution is -0.137. The van der Waals surface area contributed by atoms with Crippen LogP contribution >= 0.6 is 0 Å². The largest absolute Gasteiger partial charge is 0.451 e. The second-order valence-corrected chi connectivity index (χ2v) is 5.46. The highest BCUT2D eigenvalue weighted by atomic mass is 19.4. The van der Waals surface area contributed by atoms with Crippen molar-refractivity contribution in [2.45, 2.75) is 6.18 Å². The van der Waals surface area contributed by atoms with E-state index in [0.717, 1.165) is 17.5 Å². The maximum Gasteiger partial charge on any atom is 0.416 e. The van der Waals surface area contributed by atoms with Crippen LogP contribution in [0.4, 0.5) is 18.9 Å². The van der Waals surface area contributed by atoms with Crippen molar-refractivity contribution in [1.82, 2.24) is 5.32 Å². The quantitative estimate of drug-likeness (QED) is 0.741. The summed E-state index contributed by atoms with van der Waals surface area (Å²) in [5.74, 6) is -1.22. The van der Waals surface area contributed by atoms with Gasteiger partial charge in [-0.15, -0.1) is 0 Å². The summed E-state index contributed by atoms with van der Waals surface area (Å²) in [4.78, 5) is 23.9. The Morgan fingerprint density at radius 3 is 2.50 bits per heavy atom. The normalized spacial score (nSPS) is 11.3. The van der Waals surface area contributed by atoms with E-state index in [2.05, 4.69) is 10.6 Å². The number of rotatable bonds is 4. The highest BCUT2D eigenvalue weighted by molar-refractivity contribution is 6.00. The number of nitrogens with one attached hydrogen (secondary N) is 2. The lowest BCUT2D eigenvalue weighted by Crippen LogP contribution is -2.32. The van der Waals surface area contributed by atoms with Gasteiger partial charge in [0.15, 0.2) is 5.76 Å². The molecule has 0 atom stereocenters. The fourth-order valence-corrected chi connectivity index (χ4v) is 2.32. The van der Waals surface area contributed by atoms with Gasteiger partial charge in [-0.2, -0.15) is 13.2 Å². The predicted molar refractivity (Wildman–Crippen MR) is 88.6 cm³/mol. The number of hydrogen-bond donors (Lipinski definition) is 2. The molecule has 1 aromatic heterocycles. The third-order valence-corrected chi connectivity index (χ3v) is 3.53. The van der Waals surface area contributed by atoms with Gasteiger partial charge >= 0.3 is 6.18 Å². The minimum absolute atomic E-state index is 0.0113. The van der Waals surface area contributed by atoms with Crippen molar-refractivity contribution in [2.24, 2.45) is 0 Å². The number of carbonyl (C=O) groups excluding carboxylic acids is 2. The zero-order valence-electron chi connectivity index (χ0n) is 13.3. The monoisotopic (exact) mass is 362 g/mol. The molecule has 0 radical (unpaired) electrons. The number of carbonyl (C=O) groups is 2. The van der Waals surface area contributed by atoms with E-state index < -0.39 is 30.1 Å². The number of alkyl halides is 3. The summed E-state index contributed by atoms with van der Waals surface area (Å²) in [7, 11) is 0. The van der Waals surface area contributed by atoms with Crippen molar-refractivity contribution in [2.75, 3.05) is 11.9 Å². The summed E-state index contributed by atoms with van der Waals surface area (Å²) in [6.45, 7) is -0.411. The fourth-order valence-electron chi connectivity index (χ4n) is 2.32. The number of benzene rings is 2. The molecule has 1 heterocycles. The second-order valence-electron chi connectivity index (χ2n) is 5.46. The molecule has 3 rings (SSSR count). The first-order chi connectivity index (χ1) is 12.3. The van der Waals surface area contributed by atoms with Crippen LogP contribution in [-0.2, 0) is 11.0 Å². The van der Waals surface area contributed by atoms with Gasteiger partial charge in [-0.05, 0) is 30.3 Å². The zero-order chi connectivity index (χ0) is 18.7. The first kappa shape index (κ1) is 17.5. The van der Waals surface area contributed by atoms with Crippen molar-refractivity contribution in [3.63, 3.8) is 0 Å². The number of amides is 2. The first-order valence-electron chi connectivity index (χ1n) is 7.57. The van der Waals surface area contributed by atoms with Gasteiger partial charge in [0.05, 0.1) is 12.1 Å². The number of para-hydroxylation sites is 1. The topological polar surface area (TPSA) is 71.3 Å². The number of anilines is 1. The Morgan fingerprint density at radius 1 is 1.00 bits per heavy atom. The van der Waals surface area contributed by atoms with Gasteiger partial charge in [-0.25, -0.2) is 0 Å². The molecule has 0 aliphatic carbocycles. The van der Waals surface area contributed by atoms with E-state index in [1.165, 1.54) is 18.2 Å². The van der Waals surface area contributed by atoms with E-state index in [-0.39, 0.29) is 11.4 Å². The van der Waals surface area contributed by atoms with Crippen molar-refractivity contribution >= 4 is 28.5 Å². The van der Waals surface area contributed by atoms with Gasteiger partial charge < -0.3 is 15.1 Å². The van der Waals surface area contributed by atoms with Crippen LogP contribution in [0.2, 0.25) is 0 Å². The van der Waals surface area contributed by atoms with Crippen LogP contribution in [-0.4, -0.2) is 18.4 Å². The van der Waals surface area contributed by atoms with E-state index in [9.17, 15) is 22.8 Å². The summed E-state index contributed by atoms with van der Waals surface area (Å²) < 4.78 is 43.3. The van der Waals surface area contributed by atoms with Gasteiger partial charge in [0.2, 0.25) is 5.91 Å². The van der Waals surface area contributed by atoms with Crippen LogP contribution in [0.15, 0.2) is 59.0 Å². The second kappa shape index (κ2) is 6.91. The summed E-state index contributed by atoms with van der Waals surface area (Å²) >= 11 is 0. The molecule has 0 saturated heterocycles. The minimum Gasteiger partial charge on any atom is -0.451 e. The molecule has 0 fully saturated rings. The highest BCUT2D eigenvalue weighted by Crippen LogP contribution is 2.30. The molecule has 2 amide bonds. The van der Waals surface area contributed by atoms with Gasteiger partial charge in [-0.3, -0.25) is 9.59 Å². The zero-order valence-corrected chi connectivity index (χ0v) is 13.3. The molecule has 0 bridgehead atoms. The molecule has 0 aliphatic rings. The Kier molecular flexibility index (Phi) is 4.66. The molecule has 2 N–H and O–H groups in total. The molecule has 0 aliphatic heterocycles. The van der Waals surface area contributed by atoms with E-state index in [4.69, 9.17) is 4.42 Å². The number of halogens is 3. The molecule has 0 unspecified atom stereocenters. The minimum atomic E-state index is -4.50. The van der Waals surface area contributed by atoms with Crippen molar-refractivity contribution in [3.8, 4) is 0 Å². The van der Waals surface area contributed by atoms with Crippen molar-refractivity contribution in [1.29, 1.82) is 0 Å². The standard InChI is InChI=1S/C18H13F3N2O3/c19-18(20,21)12-5-3-6-13(9-12)23-16(24)10-22-17(25)15-8-11-4-1-2-7-14(11)26-15/h1-9H,10H2,(H,22,25)(H,23,24). The van der Waals surface area contributed by atoms with Crippen LogP contribution in [0, 0.1) is 0 Å². The molecular formula is C18H13F3N2O3. The Balaban J connectivity index is 1.59. The molecule has 8 heteroatoms. The van der Waals surface area contributed by atoms with E-state index in [1.54, 1.807) is 24.3 Å². The molecule has 134 valence electrons. The number of fused-ring (bicyclic) bond motifs is 1. The van der Waals surface area contributed by atoms with Gasteiger partial charge in [0.1, 0.15) is 5.58 Å².